The highest BCUT2D eigenvalue weighted by Gasteiger charge is 2.22. The second-order valence-corrected chi connectivity index (χ2v) is 4.62. The largest absolute Gasteiger partial charge is 0.395 e. The fourth-order valence-electron chi connectivity index (χ4n) is 2.65. The first kappa shape index (κ1) is 12.2. The molecule has 0 amide bonds. The standard InChI is InChI=1S/C13H21N3O/c14-13-12(7-4-8-15-13)16(9-10-17)11-5-2-1-3-6-11/h4,7-8,11,17H,1-3,5-6,9-10H2,(H2,14,15). The maximum Gasteiger partial charge on any atom is 0.146 e. The molecule has 0 atom stereocenters. The van der Waals surface area contributed by atoms with Crippen molar-refractivity contribution in [2.75, 3.05) is 23.8 Å². The van der Waals surface area contributed by atoms with Crippen molar-refractivity contribution in [1.82, 2.24) is 4.98 Å². The van der Waals surface area contributed by atoms with Crippen molar-refractivity contribution in [2.45, 2.75) is 38.1 Å². The number of nitrogens with zero attached hydrogens (tertiary/aromatic N) is 2. The number of hydrogen-bond donors (Lipinski definition) is 2. The predicted molar refractivity (Wildman–Crippen MR) is 70.0 cm³/mol. The SMILES string of the molecule is Nc1ncccc1N(CCO)C1CCCCC1. The summed E-state index contributed by atoms with van der Waals surface area (Å²) in [5, 5.41) is 9.22. The van der Waals surface area contributed by atoms with E-state index in [1.54, 1.807) is 6.20 Å². The third kappa shape index (κ3) is 2.88. The Balaban J connectivity index is 2.18. The molecule has 4 nitrogen and oxygen atoms in total. The van der Waals surface area contributed by atoms with Crippen LogP contribution in [0.5, 0.6) is 0 Å². The molecule has 17 heavy (non-hydrogen) atoms. The molecule has 1 saturated carbocycles. The lowest BCUT2D eigenvalue weighted by atomic mass is 9.94. The number of rotatable bonds is 4. The molecule has 2 rings (SSSR count). The van der Waals surface area contributed by atoms with E-state index in [2.05, 4.69) is 9.88 Å². The van der Waals surface area contributed by atoms with Gasteiger partial charge in [-0.05, 0) is 25.0 Å². The van der Waals surface area contributed by atoms with Gasteiger partial charge in [-0.3, -0.25) is 0 Å². The van der Waals surface area contributed by atoms with Gasteiger partial charge in [0.25, 0.3) is 0 Å². The number of aliphatic hydroxyl groups is 1. The molecule has 1 aliphatic carbocycles. The number of nitrogens with two attached hydrogens (primary N) is 1. The van der Waals surface area contributed by atoms with E-state index in [1.165, 1.54) is 32.1 Å². The molecule has 4 heteroatoms. The van der Waals surface area contributed by atoms with Crippen molar-refractivity contribution in [3.63, 3.8) is 0 Å². The van der Waals surface area contributed by atoms with Crippen LogP contribution in [0.25, 0.3) is 0 Å². The Morgan fingerprint density at radius 2 is 2.12 bits per heavy atom. The fourth-order valence-corrected chi connectivity index (χ4v) is 2.65. The summed E-state index contributed by atoms with van der Waals surface area (Å²) in [7, 11) is 0. The minimum absolute atomic E-state index is 0.158. The highest BCUT2D eigenvalue weighted by atomic mass is 16.3. The lowest BCUT2D eigenvalue weighted by Gasteiger charge is -2.36. The second-order valence-electron chi connectivity index (χ2n) is 4.62. The summed E-state index contributed by atoms with van der Waals surface area (Å²) in [6.45, 7) is 0.797. The third-order valence-electron chi connectivity index (χ3n) is 3.48. The lowest BCUT2D eigenvalue weighted by molar-refractivity contribution is 0.290. The lowest BCUT2D eigenvalue weighted by Crippen LogP contribution is -2.39. The molecule has 0 radical (unpaired) electrons. The van der Waals surface area contributed by atoms with Crippen LogP contribution in [0.2, 0.25) is 0 Å². The number of anilines is 2. The topological polar surface area (TPSA) is 62.4 Å². The second kappa shape index (κ2) is 5.87. The molecule has 3 N–H and O–H groups in total. The van der Waals surface area contributed by atoms with Crippen LogP contribution < -0.4 is 10.6 Å². The summed E-state index contributed by atoms with van der Waals surface area (Å²) in [4.78, 5) is 6.36. The number of hydrogen-bond acceptors (Lipinski definition) is 4. The summed E-state index contributed by atoms with van der Waals surface area (Å²) < 4.78 is 0. The normalized spacial score (nSPS) is 17.0. The van der Waals surface area contributed by atoms with Gasteiger partial charge in [0.15, 0.2) is 0 Å². The zero-order valence-electron chi connectivity index (χ0n) is 10.2. The molecular formula is C13H21N3O. The minimum atomic E-state index is 0.158. The maximum absolute atomic E-state index is 9.22. The van der Waals surface area contributed by atoms with Gasteiger partial charge in [0.05, 0.1) is 12.3 Å². The van der Waals surface area contributed by atoms with Gasteiger partial charge in [0.1, 0.15) is 5.82 Å². The quantitative estimate of drug-likeness (QED) is 0.835. The molecule has 1 fully saturated rings. The van der Waals surface area contributed by atoms with E-state index in [4.69, 9.17) is 5.73 Å². The van der Waals surface area contributed by atoms with Gasteiger partial charge >= 0.3 is 0 Å². The van der Waals surface area contributed by atoms with E-state index in [0.717, 1.165) is 5.69 Å². The van der Waals surface area contributed by atoms with Crippen LogP contribution in [-0.2, 0) is 0 Å². The van der Waals surface area contributed by atoms with Crippen LogP contribution in [0, 0.1) is 0 Å². The summed E-state index contributed by atoms with van der Waals surface area (Å²) in [5.41, 5.74) is 6.89. The molecule has 1 aromatic rings. The van der Waals surface area contributed by atoms with Crippen LogP contribution >= 0.6 is 0 Å². The number of aromatic nitrogens is 1. The molecule has 94 valence electrons. The molecular weight excluding hydrogens is 214 g/mol. The highest BCUT2D eigenvalue weighted by Crippen LogP contribution is 2.29. The first-order valence-electron chi connectivity index (χ1n) is 6.41. The van der Waals surface area contributed by atoms with E-state index in [-0.39, 0.29) is 6.61 Å². The Morgan fingerprint density at radius 1 is 1.35 bits per heavy atom. The molecule has 0 saturated heterocycles. The predicted octanol–water partition coefficient (Wildman–Crippen LogP) is 1.80. The Kier molecular flexibility index (Phi) is 4.20. The van der Waals surface area contributed by atoms with Gasteiger partial charge in [-0.25, -0.2) is 4.98 Å². The molecule has 0 aliphatic heterocycles. The van der Waals surface area contributed by atoms with Crippen LogP contribution in [0.4, 0.5) is 11.5 Å². The Morgan fingerprint density at radius 3 is 2.76 bits per heavy atom. The van der Waals surface area contributed by atoms with Crippen LogP contribution in [0.15, 0.2) is 18.3 Å². The molecule has 1 heterocycles. The summed E-state index contributed by atoms with van der Waals surface area (Å²) in [6.07, 6.45) is 7.95. The van der Waals surface area contributed by atoms with Gasteiger partial charge in [-0.15, -0.1) is 0 Å². The van der Waals surface area contributed by atoms with E-state index in [9.17, 15) is 5.11 Å². The van der Waals surface area contributed by atoms with Gasteiger partial charge in [0.2, 0.25) is 0 Å². The van der Waals surface area contributed by atoms with Gasteiger partial charge in [-0.2, -0.15) is 0 Å². The Labute approximate surface area is 102 Å². The molecule has 0 aromatic carbocycles. The fraction of sp³-hybridized carbons (Fsp3) is 0.615. The van der Waals surface area contributed by atoms with Crippen LogP contribution in [0.3, 0.4) is 0 Å². The average molecular weight is 235 g/mol. The van der Waals surface area contributed by atoms with Gasteiger partial charge < -0.3 is 15.7 Å². The van der Waals surface area contributed by atoms with E-state index in [1.807, 2.05) is 12.1 Å². The molecule has 0 bridgehead atoms. The van der Waals surface area contributed by atoms with Crippen molar-refractivity contribution in [3.8, 4) is 0 Å². The average Bonchev–Trinajstić information content (AvgIpc) is 2.38. The van der Waals surface area contributed by atoms with Gasteiger partial charge in [-0.1, -0.05) is 19.3 Å². The third-order valence-corrected chi connectivity index (χ3v) is 3.48. The zero-order valence-corrected chi connectivity index (χ0v) is 10.2. The monoisotopic (exact) mass is 235 g/mol. The summed E-state index contributed by atoms with van der Waals surface area (Å²) in [5.74, 6) is 0.562. The van der Waals surface area contributed by atoms with Crippen molar-refractivity contribution in [1.29, 1.82) is 0 Å². The molecule has 1 aromatic heterocycles. The first-order chi connectivity index (χ1) is 8.33. The van der Waals surface area contributed by atoms with E-state index >= 15 is 0 Å². The maximum atomic E-state index is 9.22. The summed E-state index contributed by atoms with van der Waals surface area (Å²) in [6, 6.07) is 4.40. The minimum Gasteiger partial charge on any atom is -0.395 e. The van der Waals surface area contributed by atoms with Crippen LogP contribution in [-0.4, -0.2) is 29.3 Å². The van der Waals surface area contributed by atoms with Crippen LogP contribution in [0.1, 0.15) is 32.1 Å². The van der Waals surface area contributed by atoms with Crippen molar-refractivity contribution in [3.05, 3.63) is 18.3 Å². The number of nitrogen functional groups attached to an aromatic ring is 1. The number of pyridine rings is 1. The van der Waals surface area contributed by atoms with Crippen molar-refractivity contribution < 1.29 is 5.11 Å². The highest BCUT2D eigenvalue weighted by molar-refractivity contribution is 5.63. The first-order valence-corrected chi connectivity index (χ1v) is 6.41. The van der Waals surface area contributed by atoms with Crippen molar-refractivity contribution in [2.24, 2.45) is 0 Å². The van der Waals surface area contributed by atoms with E-state index < -0.39 is 0 Å². The molecule has 0 spiro atoms. The van der Waals surface area contributed by atoms with Crippen molar-refractivity contribution >= 4 is 11.5 Å². The Bertz CT molecular complexity index is 350. The number of aliphatic hydroxyl groups excluding tert-OH is 1. The van der Waals surface area contributed by atoms with Gasteiger partial charge in [0, 0.05) is 18.8 Å². The molecule has 0 unspecified atom stereocenters. The Hall–Kier alpha value is -1.29. The smallest absolute Gasteiger partial charge is 0.146 e. The zero-order chi connectivity index (χ0) is 12.1. The molecule has 1 aliphatic rings. The summed E-state index contributed by atoms with van der Waals surface area (Å²) >= 11 is 0. The van der Waals surface area contributed by atoms with E-state index in [0.29, 0.717) is 18.4 Å².